The molecule has 1 aromatic heterocycles. The summed E-state index contributed by atoms with van der Waals surface area (Å²) in [5.41, 5.74) is 0.953. The summed E-state index contributed by atoms with van der Waals surface area (Å²) in [6, 6.07) is 3.73. The third kappa shape index (κ3) is 4.55. The molecule has 1 aliphatic carbocycles. The largest absolute Gasteiger partial charge is 0.335 e. The summed E-state index contributed by atoms with van der Waals surface area (Å²) >= 11 is 1.25. The van der Waals surface area contributed by atoms with Crippen molar-refractivity contribution in [3.8, 4) is 0 Å². The lowest BCUT2D eigenvalue weighted by Crippen LogP contribution is -2.36. The third-order valence-electron chi connectivity index (χ3n) is 5.61. The Hall–Kier alpha value is -2.57. The fourth-order valence-electron chi connectivity index (χ4n) is 3.94. The molecule has 0 atom stereocenters. The van der Waals surface area contributed by atoms with Gasteiger partial charge in [-0.2, -0.15) is 4.31 Å². The normalized spacial score (nSPS) is 17.3. The SMILES string of the molecule is Cc1ccc([N+](=O)[O-])cc1S(=O)(=O)N1CCc2nc(NC(=O)NC3CCCC3)sc2C1. The second kappa shape index (κ2) is 8.52. The molecule has 1 saturated carbocycles. The van der Waals surface area contributed by atoms with E-state index in [1.165, 1.54) is 27.8 Å². The van der Waals surface area contributed by atoms with Crippen molar-refractivity contribution in [2.24, 2.45) is 0 Å². The van der Waals surface area contributed by atoms with Crippen LogP contribution in [0.3, 0.4) is 0 Å². The van der Waals surface area contributed by atoms with Gasteiger partial charge in [-0.05, 0) is 25.3 Å². The molecule has 2 amide bonds. The third-order valence-corrected chi connectivity index (χ3v) is 8.59. The number of amides is 2. The molecule has 2 heterocycles. The van der Waals surface area contributed by atoms with Gasteiger partial charge in [0, 0.05) is 36.0 Å². The second-order valence-corrected chi connectivity index (χ2v) is 10.8. The number of nitrogens with zero attached hydrogens (tertiary/aromatic N) is 3. The van der Waals surface area contributed by atoms with Gasteiger partial charge in [-0.25, -0.2) is 18.2 Å². The van der Waals surface area contributed by atoms with Gasteiger partial charge in [0.05, 0.1) is 22.1 Å². The number of benzene rings is 1. The Balaban J connectivity index is 1.49. The maximum Gasteiger partial charge on any atom is 0.321 e. The lowest BCUT2D eigenvalue weighted by molar-refractivity contribution is -0.385. The molecule has 0 unspecified atom stereocenters. The number of sulfonamides is 1. The lowest BCUT2D eigenvalue weighted by Gasteiger charge is -2.25. The fraction of sp³-hybridized carbons (Fsp3) is 0.474. The van der Waals surface area contributed by atoms with Crippen LogP contribution in [0.1, 0.15) is 41.8 Å². The van der Waals surface area contributed by atoms with Gasteiger partial charge in [0.2, 0.25) is 10.0 Å². The van der Waals surface area contributed by atoms with Crippen LogP contribution in [-0.4, -0.2) is 41.2 Å². The van der Waals surface area contributed by atoms with Crippen LogP contribution in [0, 0.1) is 17.0 Å². The number of carbonyl (C=O) groups excluding carboxylic acids is 1. The molecule has 0 saturated heterocycles. The van der Waals surface area contributed by atoms with Crippen molar-refractivity contribution in [3.63, 3.8) is 0 Å². The van der Waals surface area contributed by atoms with Crippen molar-refractivity contribution in [1.82, 2.24) is 14.6 Å². The van der Waals surface area contributed by atoms with Crippen molar-refractivity contribution in [1.29, 1.82) is 0 Å². The highest BCUT2D eigenvalue weighted by Crippen LogP contribution is 2.32. The number of nitrogens with one attached hydrogen (secondary N) is 2. The van der Waals surface area contributed by atoms with E-state index in [0.717, 1.165) is 42.3 Å². The average molecular weight is 466 g/mol. The Morgan fingerprint density at radius 1 is 1.32 bits per heavy atom. The number of anilines is 1. The maximum absolute atomic E-state index is 13.2. The van der Waals surface area contributed by atoms with Crippen LogP contribution in [0.25, 0.3) is 0 Å². The summed E-state index contributed by atoms with van der Waals surface area (Å²) in [4.78, 5) is 27.8. The number of fused-ring (bicyclic) bond motifs is 1. The quantitative estimate of drug-likeness (QED) is 0.514. The number of carbonyl (C=O) groups is 1. The van der Waals surface area contributed by atoms with Gasteiger partial charge in [-0.15, -0.1) is 0 Å². The molecule has 1 aromatic carbocycles. The number of nitro benzene ring substituents is 1. The molecule has 0 bridgehead atoms. The summed E-state index contributed by atoms with van der Waals surface area (Å²) in [6.07, 6.45) is 4.60. The first-order valence-corrected chi connectivity index (χ1v) is 12.3. The molecule has 2 aromatic rings. The number of aromatic nitrogens is 1. The highest BCUT2D eigenvalue weighted by Gasteiger charge is 2.32. The zero-order valence-electron chi connectivity index (χ0n) is 17.0. The fourth-order valence-corrected chi connectivity index (χ4v) is 6.69. The Bertz CT molecular complexity index is 1120. The van der Waals surface area contributed by atoms with Gasteiger partial charge in [0.1, 0.15) is 0 Å². The molecular weight excluding hydrogens is 442 g/mol. The van der Waals surface area contributed by atoms with Crippen molar-refractivity contribution in [2.75, 3.05) is 11.9 Å². The smallest absolute Gasteiger partial charge is 0.321 e. The van der Waals surface area contributed by atoms with Gasteiger partial charge in [-0.1, -0.05) is 30.2 Å². The molecule has 0 spiro atoms. The number of hydrogen-bond acceptors (Lipinski definition) is 7. The zero-order chi connectivity index (χ0) is 22.2. The van der Waals surface area contributed by atoms with E-state index < -0.39 is 14.9 Å². The summed E-state index contributed by atoms with van der Waals surface area (Å²) in [5, 5.41) is 17.2. The van der Waals surface area contributed by atoms with Crippen molar-refractivity contribution in [2.45, 2.75) is 56.5 Å². The summed E-state index contributed by atoms with van der Waals surface area (Å²) in [5.74, 6) is 0. The Labute approximate surface area is 183 Å². The van der Waals surface area contributed by atoms with Crippen molar-refractivity contribution in [3.05, 3.63) is 44.4 Å². The molecule has 2 N–H and O–H groups in total. The van der Waals surface area contributed by atoms with Crippen LogP contribution in [-0.2, 0) is 23.0 Å². The average Bonchev–Trinajstić information content (AvgIpc) is 3.36. The van der Waals surface area contributed by atoms with Crippen LogP contribution in [0.4, 0.5) is 15.6 Å². The minimum Gasteiger partial charge on any atom is -0.335 e. The molecular formula is C19H23N5O5S2. The predicted molar refractivity (Wildman–Crippen MR) is 116 cm³/mol. The Kier molecular flexibility index (Phi) is 5.95. The van der Waals surface area contributed by atoms with Crippen molar-refractivity contribution < 1.29 is 18.1 Å². The standard InChI is InChI=1S/C19H23N5O5S2/c1-12-6-7-14(24(26)27)10-17(12)31(28,29)23-9-8-15-16(11-23)30-19(21-15)22-18(25)20-13-4-2-3-5-13/h6-7,10,13H,2-5,8-9,11H2,1H3,(H2,20,21,22,25). The zero-order valence-corrected chi connectivity index (χ0v) is 18.6. The summed E-state index contributed by atoms with van der Waals surface area (Å²) < 4.78 is 27.7. The van der Waals surface area contributed by atoms with Gasteiger partial charge in [0.25, 0.3) is 5.69 Å². The van der Waals surface area contributed by atoms with E-state index in [9.17, 15) is 23.3 Å². The van der Waals surface area contributed by atoms with E-state index in [4.69, 9.17) is 0 Å². The topological polar surface area (TPSA) is 135 Å². The molecule has 2 aliphatic rings. The minimum absolute atomic E-state index is 0.0658. The van der Waals surface area contributed by atoms with Gasteiger partial charge < -0.3 is 5.32 Å². The number of rotatable bonds is 5. The van der Waals surface area contributed by atoms with Gasteiger partial charge in [0.15, 0.2) is 5.13 Å². The predicted octanol–water partition coefficient (Wildman–Crippen LogP) is 3.17. The van der Waals surface area contributed by atoms with Crippen molar-refractivity contribution >= 4 is 38.2 Å². The van der Waals surface area contributed by atoms with Gasteiger partial charge >= 0.3 is 6.03 Å². The second-order valence-electron chi connectivity index (χ2n) is 7.76. The number of hydrogen-bond donors (Lipinski definition) is 2. The molecule has 10 nitrogen and oxygen atoms in total. The maximum atomic E-state index is 13.2. The Morgan fingerprint density at radius 2 is 2.06 bits per heavy atom. The highest BCUT2D eigenvalue weighted by atomic mass is 32.2. The first-order chi connectivity index (χ1) is 14.7. The minimum atomic E-state index is -3.91. The number of urea groups is 1. The van der Waals surface area contributed by atoms with Crippen LogP contribution >= 0.6 is 11.3 Å². The molecule has 0 radical (unpaired) electrons. The van der Waals surface area contributed by atoms with Crippen LogP contribution < -0.4 is 10.6 Å². The van der Waals surface area contributed by atoms with Gasteiger partial charge in [-0.3, -0.25) is 15.4 Å². The molecule has 166 valence electrons. The lowest BCUT2D eigenvalue weighted by atomic mass is 10.2. The highest BCUT2D eigenvalue weighted by molar-refractivity contribution is 7.89. The molecule has 12 heteroatoms. The first-order valence-electron chi connectivity index (χ1n) is 10.1. The Morgan fingerprint density at radius 3 is 2.77 bits per heavy atom. The van der Waals surface area contributed by atoms with Crippen LogP contribution in [0.15, 0.2) is 23.1 Å². The van der Waals surface area contributed by atoms with E-state index in [0.29, 0.717) is 17.1 Å². The van der Waals surface area contributed by atoms with E-state index in [-0.39, 0.29) is 35.7 Å². The van der Waals surface area contributed by atoms with E-state index in [1.54, 1.807) is 6.92 Å². The number of nitro groups is 1. The van der Waals surface area contributed by atoms with E-state index in [1.807, 2.05) is 0 Å². The number of aryl methyl sites for hydroxylation is 1. The molecule has 4 rings (SSSR count). The molecule has 1 fully saturated rings. The summed E-state index contributed by atoms with van der Waals surface area (Å²) in [7, 11) is -3.91. The van der Waals surface area contributed by atoms with Crippen LogP contribution in [0.5, 0.6) is 0 Å². The van der Waals surface area contributed by atoms with E-state index in [2.05, 4.69) is 15.6 Å². The monoisotopic (exact) mass is 465 g/mol. The number of thiazole rings is 1. The number of non-ortho nitro benzene ring substituents is 1. The summed E-state index contributed by atoms with van der Waals surface area (Å²) in [6.45, 7) is 1.95. The first kappa shape index (κ1) is 21.7. The van der Waals surface area contributed by atoms with E-state index >= 15 is 0 Å². The molecule has 1 aliphatic heterocycles. The van der Waals surface area contributed by atoms with Crippen LogP contribution in [0.2, 0.25) is 0 Å². The molecule has 31 heavy (non-hydrogen) atoms.